The number of rotatable bonds is 7. The van der Waals surface area contributed by atoms with Gasteiger partial charge in [0, 0.05) is 13.2 Å². The van der Waals surface area contributed by atoms with Gasteiger partial charge in [-0.3, -0.25) is 9.69 Å². The van der Waals surface area contributed by atoms with E-state index in [0.717, 1.165) is 0 Å². The number of ether oxygens (including phenoxy) is 2. The van der Waals surface area contributed by atoms with E-state index in [1.54, 1.807) is 11.9 Å². The highest BCUT2D eigenvalue weighted by molar-refractivity contribution is 5.71. The second kappa shape index (κ2) is 7.73. The Kier molecular flexibility index (Phi) is 7.37. The number of carbonyl (C=O) groups excluding carboxylic acids is 1. The Morgan fingerprint density at radius 3 is 2.71 bits per heavy atom. The molecule has 1 N–H and O–H groups in total. The number of esters is 1. The molecule has 0 aromatic rings. The van der Waals surface area contributed by atoms with Crippen LogP contribution in [0.4, 0.5) is 0 Å². The summed E-state index contributed by atoms with van der Waals surface area (Å²) >= 11 is 0. The van der Waals surface area contributed by atoms with Crippen molar-refractivity contribution in [1.82, 2.24) is 4.90 Å². The number of methoxy groups -OCH3 is 1. The maximum absolute atomic E-state index is 10.8. The van der Waals surface area contributed by atoms with Crippen LogP contribution in [0.25, 0.3) is 0 Å². The number of carbonyl (C=O) groups is 1. The Morgan fingerprint density at radius 2 is 2.21 bits per heavy atom. The van der Waals surface area contributed by atoms with E-state index in [4.69, 9.17) is 4.74 Å². The van der Waals surface area contributed by atoms with Crippen molar-refractivity contribution >= 4 is 5.97 Å². The summed E-state index contributed by atoms with van der Waals surface area (Å²) in [7, 11) is 3.08. The van der Waals surface area contributed by atoms with Gasteiger partial charge in [0.15, 0.2) is 0 Å². The van der Waals surface area contributed by atoms with Crippen LogP contribution in [0.1, 0.15) is 6.92 Å². The minimum atomic E-state index is -0.565. The zero-order valence-electron chi connectivity index (χ0n) is 9.02. The molecule has 0 aliphatic rings. The summed E-state index contributed by atoms with van der Waals surface area (Å²) in [5.74, 6) is -0.309. The number of aliphatic hydroxyl groups excluding tert-OH is 1. The molecule has 0 bridgehead atoms. The minimum Gasteiger partial charge on any atom is -0.468 e. The molecule has 0 radical (unpaired) electrons. The highest BCUT2D eigenvalue weighted by Gasteiger charge is 2.11. The lowest BCUT2D eigenvalue weighted by Crippen LogP contribution is -2.35. The van der Waals surface area contributed by atoms with Gasteiger partial charge < -0.3 is 14.6 Å². The van der Waals surface area contributed by atoms with Gasteiger partial charge >= 0.3 is 5.97 Å². The van der Waals surface area contributed by atoms with Gasteiger partial charge in [0.25, 0.3) is 0 Å². The van der Waals surface area contributed by atoms with Crippen LogP contribution in [0.2, 0.25) is 0 Å². The first-order valence-electron chi connectivity index (χ1n) is 4.61. The molecule has 0 aliphatic heterocycles. The fraction of sp³-hybridized carbons (Fsp3) is 0.889. The van der Waals surface area contributed by atoms with Gasteiger partial charge in [-0.15, -0.1) is 0 Å². The van der Waals surface area contributed by atoms with Crippen molar-refractivity contribution in [2.24, 2.45) is 0 Å². The largest absolute Gasteiger partial charge is 0.468 e. The molecule has 0 saturated carbocycles. The fourth-order valence-electron chi connectivity index (χ4n) is 1.02. The van der Waals surface area contributed by atoms with E-state index in [1.165, 1.54) is 7.11 Å². The van der Waals surface area contributed by atoms with Crippen LogP contribution < -0.4 is 0 Å². The second-order valence-corrected chi connectivity index (χ2v) is 3.09. The maximum Gasteiger partial charge on any atom is 0.319 e. The quantitative estimate of drug-likeness (QED) is 0.567. The van der Waals surface area contributed by atoms with Crippen LogP contribution in [0, 0.1) is 0 Å². The molecule has 0 fully saturated rings. The Morgan fingerprint density at radius 1 is 1.57 bits per heavy atom. The van der Waals surface area contributed by atoms with Gasteiger partial charge in [-0.2, -0.15) is 0 Å². The summed E-state index contributed by atoms with van der Waals surface area (Å²) in [5, 5.41) is 9.42. The molecule has 1 unspecified atom stereocenters. The van der Waals surface area contributed by atoms with Crippen LogP contribution in [-0.2, 0) is 14.3 Å². The number of nitrogens with zero attached hydrogens (tertiary/aromatic N) is 1. The predicted octanol–water partition coefficient (Wildman–Crippen LogP) is -0.511. The smallest absolute Gasteiger partial charge is 0.319 e. The fourth-order valence-corrected chi connectivity index (χ4v) is 1.02. The average molecular weight is 205 g/mol. The Balaban J connectivity index is 3.59. The summed E-state index contributed by atoms with van der Waals surface area (Å²) < 4.78 is 9.52. The molecule has 14 heavy (non-hydrogen) atoms. The lowest BCUT2D eigenvalue weighted by Gasteiger charge is -2.18. The maximum atomic E-state index is 10.8. The topological polar surface area (TPSA) is 59.0 Å². The normalized spacial score (nSPS) is 12.9. The van der Waals surface area contributed by atoms with E-state index >= 15 is 0 Å². The zero-order chi connectivity index (χ0) is 11.0. The van der Waals surface area contributed by atoms with E-state index in [0.29, 0.717) is 19.8 Å². The third-order valence-corrected chi connectivity index (χ3v) is 1.66. The van der Waals surface area contributed by atoms with Crippen molar-refractivity contribution < 1.29 is 19.4 Å². The molecule has 0 spiro atoms. The highest BCUT2D eigenvalue weighted by atomic mass is 16.5. The van der Waals surface area contributed by atoms with Gasteiger partial charge in [0.2, 0.25) is 0 Å². The molecule has 0 saturated heterocycles. The van der Waals surface area contributed by atoms with E-state index < -0.39 is 6.10 Å². The Labute approximate surface area is 84.6 Å². The summed E-state index contributed by atoms with van der Waals surface area (Å²) in [4.78, 5) is 12.5. The summed E-state index contributed by atoms with van der Waals surface area (Å²) in [6, 6.07) is 0. The lowest BCUT2D eigenvalue weighted by molar-refractivity contribution is -0.141. The van der Waals surface area contributed by atoms with Crippen molar-refractivity contribution in [3.8, 4) is 0 Å². The van der Waals surface area contributed by atoms with Crippen molar-refractivity contribution in [3.05, 3.63) is 0 Å². The number of aliphatic hydroxyl groups is 1. The van der Waals surface area contributed by atoms with Gasteiger partial charge in [-0.05, 0) is 14.0 Å². The van der Waals surface area contributed by atoms with Gasteiger partial charge in [0.05, 0.1) is 26.4 Å². The molecule has 0 aliphatic carbocycles. The van der Waals surface area contributed by atoms with Crippen LogP contribution in [0.3, 0.4) is 0 Å². The van der Waals surface area contributed by atoms with Crippen LogP contribution >= 0.6 is 0 Å². The SMILES string of the molecule is CCOCC(O)CN(C)CC(=O)OC. The van der Waals surface area contributed by atoms with E-state index in [-0.39, 0.29) is 12.5 Å². The Hall–Kier alpha value is -0.650. The number of hydrogen-bond donors (Lipinski definition) is 1. The number of hydrogen-bond acceptors (Lipinski definition) is 5. The molecule has 0 aromatic heterocycles. The summed E-state index contributed by atoms with van der Waals surface area (Å²) in [5.41, 5.74) is 0. The molecule has 84 valence electrons. The first-order chi connectivity index (χ1) is 6.60. The lowest BCUT2D eigenvalue weighted by atomic mass is 10.3. The third kappa shape index (κ3) is 6.82. The molecule has 5 nitrogen and oxygen atoms in total. The summed E-state index contributed by atoms with van der Waals surface area (Å²) in [6.45, 7) is 3.32. The first kappa shape index (κ1) is 13.4. The molecule has 0 aromatic carbocycles. The van der Waals surface area contributed by atoms with Crippen LogP contribution in [0.15, 0.2) is 0 Å². The molecule has 1 atom stereocenters. The first-order valence-corrected chi connectivity index (χ1v) is 4.61. The Bertz CT molecular complexity index is 163. The molecule has 0 rings (SSSR count). The molecule has 0 amide bonds. The highest BCUT2D eigenvalue weighted by Crippen LogP contribution is 1.91. The van der Waals surface area contributed by atoms with Crippen molar-refractivity contribution in [1.29, 1.82) is 0 Å². The average Bonchev–Trinajstić information content (AvgIpc) is 2.14. The molecule has 5 heteroatoms. The summed E-state index contributed by atoms with van der Waals surface area (Å²) in [6.07, 6.45) is -0.565. The third-order valence-electron chi connectivity index (χ3n) is 1.66. The van der Waals surface area contributed by atoms with E-state index in [9.17, 15) is 9.90 Å². The molecular weight excluding hydrogens is 186 g/mol. The van der Waals surface area contributed by atoms with Gasteiger partial charge in [-0.25, -0.2) is 0 Å². The number of likely N-dealkylation sites (N-methyl/N-ethyl adjacent to an activating group) is 1. The van der Waals surface area contributed by atoms with Crippen LogP contribution in [-0.4, -0.2) is 62.5 Å². The zero-order valence-corrected chi connectivity index (χ0v) is 9.02. The van der Waals surface area contributed by atoms with Crippen molar-refractivity contribution in [2.75, 3.05) is 40.5 Å². The van der Waals surface area contributed by atoms with E-state index in [1.807, 2.05) is 6.92 Å². The van der Waals surface area contributed by atoms with Gasteiger partial charge in [0.1, 0.15) is 0 Å². The molecule has 0 heterocycles. The van der Waals surface area contributed by atoms with Gasteiger partial charge in [-0.1, -0.05) is 0 Å². The van der Waals surface area contributed by atoms with Crippen molar-refractivity contribution in [2.45, 2.75) is 13.0 Å². The van der Waals surface area contributed by atoms with Crippen LogP contribution in [0.5, 0.6) is 0 Å². The predicted molar refractivity (Wildman–Crippen MR) is 52.0 cm³/mol. The second-order valence-electron chi connectivity index (χ2n) is 3.09. The van der Waals surface area contributed by atoms with E-state index in [2.05, 4.69) is 4.74 Å². The standard InChI is InChI=1S/C9H19NO4/c1-4-14-7-8(11)5-10(2)6-9(12)13-3/h8,11H,4-7H2,1-3H3. The van der Waals surface area contributed by atoms with Crippen molar-refractivity contribution in [3.63, 3.8) is 0 Å². The molecular formula is C9H19NO4. The monoisotopic (exact) mass is 205 g/mol. The minimum absolute atomic E-state index is 0.180.